The number of rotatable bonds is 5. The van der Waals surface area contributed by atoms with Gasteiger partial charge in [-0.05, 0) is 51.6 Å². The van der Waals surface area contributed by atoms with E-state index in [9.17, 15) is 9.59 Å². The van der Waals surface area contributed by atoms with Gasteiger partial charge in [-0.2, -0.15) is 5.10 Å². The minimum atomic E-state index is 0.0240. The second-order valence-electron chi connectivity index (χ2n) is 7.96. The van der Waals surface area contributed by atoms with Crippen LogP contribution in [-0.4, -0.2) is 50.8 Å². The Morgan fingerprint density at radius 1 is 1.12 bits per heavy atom. The van der Waals surface area contributed by atoms with Gasteiger partial charge in [-0.25, -0.2) is 9.48 Å². The molecule has 1 aromatic heterocycles. The lowest BCUT2D eigenvalue weighted by Crippen LogP contribution is -2.44. The van der Waals surface area contributed by atoms with Crippen LogP contribution < -0.4 is 11.0 Å². The predicted octanol–water partition coefficient (Wildman–Crippen LogP) is 1.15. The first-order chi connectivity index (χ1) is 12.1. The monoisotopic (exact) mass is 347 g/mol. The third-order valence-corrected chi connectivity index (χ3v) is 5.93. The van der Waals surface area contributed by atoms with Gasteiger partial charge in [-0.3, -0.25) is 14.3 Å². The Labute approximate surface area is 148 Å². The molecule has 4 rings (SSSR count). The Morgan fingerprint density at radius 3 is 2.44 bits per heavy atom. The zero-order valence-electron chi connectivity index (χ0n) is 15.1. The summed E-state index contributed by atoms with van der Waals surface area (Å²) in [6.07, 6.45) is 8.88. The van der Waals surface area contributed by atoms with Crippen LogP contribution in [0.15, 0.2) is 4.79 Å². The first kappa shape index (κ1) is 16.8. The summed E-state index contributed by atoms with van der Waals surface area (Å²) in [6, 6.07) is 0.762. The molecule has 2 heterocycles. The van der Waals surface area contributed by atoms with Crippen LogP contribution in [0.1, 0.15) is 69.2 Å². The van der Waals surface area contributed by atoms with Gasteiger partial charge in [0.1, 0.15) is 5.82 Å². The van der Waals surface area contributed by atoms with E-state index in [4.69, 9.17) is 0 Å². The van der Waals surface area contributed by atoms with Crippen LogP contribution >= 0.6 is 0 Å². The van der Waals surface area contributed by atoms with Crippen molar-refractivity contribution in [3.63, 3.8) is 0 Å². The number of nitrogens with zero attached hydrogens (tertiary/aromatic N) is 4. The predicted molar refractivity (Wildman–Crippen MR) is 94.6 cm³/mol. The topological polar surface area (TPSA) is 72.2 Å². The van der Waals surface area contributed by atoms with Crippen LogP contribution in [0, 0.1) is 0 Å². The molecule has 1 N–H and O–H groups in total. The Hall–Kier alpha value is -1.63. The smallest absolute Gasteiger partial charge is 0.345 e. The third-order valence-electron chi connectivity index (χ3n) is 5.93. The molecule has 0 radical (unpaired) electrons. The number of likely N-dealkylation sites (tertiary alicyclic amines) is 1. The van der Waals surface area contributed by atoms with E-state index in [0.29, 0.717) is 24.5 Å². The SMILES string of the molecule is Cn1nc(C2CCN(CC(=O)NC3CCCC3)CC2)n(C2CC2)c1=O. The number of aromatic nitrogens is 3. The maximum atomic E-state index is 12.3. The molecular formula is C18H29N5O2. The number of hydrogen-bond donors (Lipinski definition) is 1. The van der Waals surface area contributed by atoms with E-state index in [1.54, 1.807) is 7.05 Å². The zero-order chi connectivity index (χ0) is 17.4. The van der Waals surface area contributed by atoms with E-state index in [-0.39, 0.29) is 11.6 Å². The van der Waals surface area contributed by atoms with Crippen molar-refractivity contribution in [1.29, 1.82) is 0 Å². The number of carbonyl (C=O) groups excluding carboxylic acids is 1. The number of hydrogen-bond acceptors (Lipinski definition) is 4. The molecule has 25 heavy (non-hydrogen) atoms. The molecule has 138 valence electrons. The molecule has 1 aromatic rings. The van der Waals surface area contributed by atoms with Crippen molar-refractivity contribution in [3.8, 4) is 0 Å². The second kappa shape index (κ2) is 6.94. The average molecular weight is 347 g/mol. The standard InChI is InChI=1S/C18H29N5O2/c1-21-18(25)23(15-6-7-15)17(20-21)13-8-10-22(11-9-13)12-16(24)19-14-4-2-3-5-14/h13-15H,2-12H2,1H3,(H,19,24). The molecule has 1 aliphatic heterocycles. The van der Waals surface area contributed by atoms with Crippen LogP contribution in [0.4, 0.5) is 0 Å². The van der Waals surface area contributed by atoms with Gasteiger partial charge in [-0.1, -0.05) is 12.8 Å². The van der Waals surface area contributed by atoms with Crippen LogP contribution in [0.5, 0.6) is 0 Å². The lowest BCUT2D eigenvalue weighted by atomic mass is 9.96. The van der Waals surface area contributed by atoms with Crippen molar-refractivity contribution in [2.45, 2.75) is 69.4 Å². The van der Waals surface area contributed by atoms with Crippen LogP contribution in [0.2, 0.25) is 0 Å². The van der Waals surface area contributed by atoms with Crippen molar-refractivity contribution in [3.05, 3.63) is 16.3 Å². The van der Waals surface area contributed by atoms with Crippen LogP contribution in [0.3, 0.4) is 0 Å². The number of amides is 1. The third kappa shape index (κ3) is 3.66. The summed E-state index contributed by atoms with van der Waals surface area (Å²) in [7, 11) is 1.74. The summed E-state index contributed by atoms with van der Waals surface area (Å²) in [5.41, 5.74) is 0.0240. The average Bonchev–Trinajstić information content (AvgIpc) is 3.22. The lowest BCUT2D eigenvalue weighted by Gasteiger charge is -2.31. The quantitative estimate of drug-likeness (QED) is 0.867. The molecule has 7 nitrogen and oxygen atoms in total. The van der Waals surface area contributed by atoms with Gasteiger partial charge in [0.2, 0.25) is 5.91 Å². The Balaban J connectivity index is 1.32. The molecular weight excluding hydrogens is 318 g/mol. The molecule has 0 bridgehead atoms. The van der Waals surface area contributed by atoms with E-state index >= 15 is 0 Å². The molecule has 3 aliphatic rings. The molecule has 1 amide bonds. The first-order valence-corrected chi connectivity index (χ1v) is 9.79. The molecule has 7 heteroatoms. The molecule has 3 fully saturated rings. The Kier molecular flexibility index (Phi) is 4.67. The molecule has 0 aromatic carbocycles. The Morgan fingerprint density at radius 2 is 1.80 bits per heavy atom. The van der Waals surface area contributed by atoms with Gasteiger partial charge in [-0.15, -0.1) is 0 Å². The van der Waals surface area contributed by atoms with E-state index < -0.39 is 0 Å². The lowest BCUT2D eigenvalue weighted by molar-refractivity contribution is -0.123. The van der Waals surface area contributed by atoms with Gasteiger partial charge in [0.25, 0.3) is 0 Å². The summed E-state index contributed by atoms with van der Waals surface area (Å²) in [5.74, 6) is 1.46. The van der Waals surface area contributed by atoms with E-state index in [0.717, 1.165) is 57.4 Å². The number of piperidine rings is 1. The van der Waals surface area contributed by atoms with Crippen molar-refractivity contribution in [1.82, 2.24) is 24.6 Å². The summed E-state index contributed by atoms with van der Waals surface area (Å²) in [6.45, 7) is 2.30. The van der Waals surface area contributed by atoms with E-state index in [1.165, 1.54) is 17.5 Å². The van der Waals surface area contributed by atoms with Crippen molar-refractivity contribution >= 4 is 5.91 Å². The van der Waals surface area contributed by atoms with Gasteiger partial charge < -0.3 is 5.32 Å². The van der Waals surface area contributed by atoms with Crippen LogP contribution in [-0.2, 0) is 11.8 Å². The molecule has 0 spiro atoms. The highest BCUT2D eigenvalue weighted by Gasteiger charge is 2.33. The summed E-state index contributed by atoms with van der Waals surface area (Å²) >= 11 is 0. The molecule has 2 aliphatic carbocycles. The highest BCUT2D eigenvalue weighted by atomic mass is 16.2. The van der Waals surface area contributed by atoms with Gasteiger partial charge in [0.15, 0.2) is 0 Å². The highest BCUT2D eigenvalue weighted by molar-refractivity contribution is 5.78. The molecule has 0 atom stereocenters. The normalized spacial score (nSPS) is 23.2. The number of carbonyl (C=O) groups is 1. The van der Waals surface area contributed by atoms with Gasteiger partial charge >= 0.3 is 5.69 Å². The molecule has 0 unspecified atom stereocenters. The van der Waals surface area contributed by atoms with Gasteiger partial charge in [0, 0.05) is 25.0 Å². The summed E-state index contributed by atoms with van der Waals surface area (Å²) < 4.78 is 3.40. The van der Waals surface area contributed by atoms with Crippen LogP contribution in [0.25, 0.3) is 0 Å². The van der Waals surface area contributed by atoms with E-state index in [2.05, 4.69) is 15.3 Å². The van der Waals surface area contributed by atoms with Crippen molar-refractivity contribution in [2.24, 2.45) is 7.05 Å². The fourth-order valence-corrected chi connectivity index (χ4v) is 4.35. The number of nitrogens with one attached hydrogen (secondary N) is 1. The second-order valence-corrected chi connectivity index (χ2v) is 7.96. The van der Waals surface area contributed by atoms with E-state index in [1.807, 2.05) is 4.57 Å². The van der Waals surface area contributed by atoms with Gasteiger partial charge in [0.05, 0.1) is 6.54 Å². The Bertz CT molecular complexity index is 676. The minimum Gasteiger partial charge on any atom is -0.352 e. The molecule has 1 saturated heterocycles. The minimum absolute atomic E-state index is 0.0240. The largest absolute Gasteiger partial charge is 0.352 e. The zero-order valence-corrected chi connectivity index (χ0v) is 15.1. The van der Waals surface area contributed by atoms with Crippen molar-refractivity contribution < 1.29 is 4.79 Å². The highest BCUT2D eigenvalue weighted by Crippen LogP contribution is 2.37. The first-order valence-electron chi connectivity index (χ1n) is 9.79. The molecule has 2 saturated carbocycles. The number of aryl methyl sites for hydroxylation is 1. The maximum absolute atomic E-state index is 12.3. The maximum Gasteiger partial charge on any atom is 0.345 e. The summed E-state index contributed by atoms with van der Waals surface area (Å²) in [5, 5.41) is 7.69. The summed E-state index contributed by atoms with van der Waals surface area (Å²) in [4.78, 5) is 26.7. The fourth-order valence-electron chi connectivity index (χ4n) is 4.35. The van der Waals surface area contributed by atoms with Crippen molar-refractivity contribution in [2.75, 3.05) is 19.6 Å². The fraction of sp³-hybridized carbons (Fsp3) is 0.833.